The maximum Gasteiger partial charge on any atom is 0.301 e. The Morgan fingerprint density at radius 3 is 2.64 bits per heavy atom. The number of hydrazone groups is 1. The highest BCUT2D eigenvalue weighted by Crippen LogP contribution is 2.28. The number of nitrogens with one attached hydrogen (secondary N) is 1. The summed E-state index contributed by atoms with van der Waals surface area (Å²) in [6.07, 6.45) is 3.30. The second kappa shape index (κ2) is 7.87. The molecule has 0 radical (unpaired) electrons. The first-order chi connectivity index (χ1) is 10.3. The van der Waals surface area contributed by atoms with E-state index in [0.717, 1.165) is 24.5 Å². The highest BCUT2D eigenvalue weighted by atomic mass is 16.6. The minimum Gasteiger partial charge on any atom is -0.272 e. The van der Waals surface area contributed by atoms with Gasteiger partial charge in [-0.1, -0.05) is 26.8 Å². The molecule has 1 aromatic carbocycles. The van der Waals surface area contributed by atoms with Gasteiger partial charge in [-0.15, -0.1) is 0 Å². The molecule has 118 valence electrons. The van der Waals surface area contributed by atoms with E-state index in [9.17, 15) is 20.2 Å². The van der Waals surface area contributed by atoms with Crippen molar-refractivity contribution in [1.29, 1.82) is 0 Å². The first kappa shape index (κ1) is 17.3. The molecule has 1 rings (SSSR count). The van der Waals surface area contributed by atoms with Gasteiger partial charge in [-0.2, -0.15) is 5.10 Å². The standard InChI is InChI=1S/C14H18N4O4/c1-4-10(2)7-11(3)9-15-16-13-6-5-12(17(19)20)8-14(13)18(21)22/h5-6,8-10,16H,3-4,7H2,1-2H3/b15-9+/t10-/m1/s1. The molecule has 22 heavy (non-hydrogen) atoms. The normalized spacial score (nSPS) is 12.1. The molecule has 0 saturated heterocycles. The third-order valence-electron chi connectivity index (χ3n) is 3.13. The van der Waals surface area contributed by atoms with E-state index in [2.05, 4.69) is 31.0 Å². The van der Waals surface area contributed by atoms with Crippen LogP contribution < -0.4 is 5.43 Å². The third-order valence-corrected chi connectivity index (χ3v) is 3.13. The second-order valence-electron chi connectivity index (χ2n) is 4.96. The van der Waals surface area contributed by atoms with Crippen molar-refractivity contribution in [3.8, 4) is 0 Å². The monoisotopic (exact) mass is 306 g/mol. The molecule has 1 N–H and O–H groups in total. The number of anilines is 1. The maximum atomic E-state index is 11.0. The molecule has 1 aromatic rings. The molecule has 0 aromatic heterocycles. The average Bonchev–Trinajstić information content (AvgIpc) is 2.46. The van der Waals surface area contributed by atoms with Crippen LogP contribution in [-0.4, -0.2) is 16.1 Å². The van der Waals surface area contributed by atoms with E-state index < -0.39 is 15.5 Å². The smallest absolute Gasteiger partial charge is 0.272 e. The van der Waals surface area contributed by atoms with Crippen molar-refractivity contribution < 1.29 is 9.85 Å². The number of rotatable bonds is 8. The molecule has 0 bridgehead atoms. The van der Waals surface area contributed by atoms with Crippen LogP contribution in [0.2, 0.25) is 0 Å². The quantitative estimate of drug-likeness (QED) is 0.445. The number of benzene rings is 1. The highest BCUT2D eigenvalue weighted by molar-refractivity contribution is 5.79. The second-order valence-corrected chi connectivity index (χ2v) is 4.96. The first-order valence-corrected chi connectivity index (χ1v) is 6.74. The predicted octanol–water partition coefficient (Wildman–Crippen LogP) is 3.89. The predicted molar refractivity (Wildman–Crippen MR) is 85.1 cm³/mol. The van der Waals surface area contributed by atoms with Gasteiger partial charge in [0.05, 0.1) is 15.9 Å². The molecule has 0 aliphatic heterocycles. The van der Waals surface area contributed by atoms with Crippen molar-refractivity contribution in [2.75, 3.05) is 5.43 Å². The van der Waals surface area contributed by atoms with Crippen LogP contribution in [0.25, 0.3) is 0 Å². The van der Waals surface area contributed by atoms with Crippen LogP contribution >= 0.6 is 0 Å². The van der Waals surface area contributed by atoms with Crippen LogP contribution in [0.15, 0.2) is 35.5 Å². The number of allylic oxidation sites excluding steroid dienone is 1. The topological polar surface area (TPSA) is 111 Å². The van der Waals surface area contributed by atoms with Crippen LogP contribution in [0.3, 0.4) is 0 Å². The Balaban J connectivity index is 2.83. The minimum atomic E-state index is -0.696. The molecule has 0 aliphatic carbocycles. The number of non-ortho nitro benzene ring substituents is 1. The molecule has 0 amide bonds. The van der Waals surface area contributed by atoms with E-state index in [1.807, 2.05) is 0 Å². The molecule has 1 atom stereocenters. The van der Waals surface area contributed by atoms with Crippen molar-refractivity contribution >= 4 is 23.3 Å². The number of hydrogen-bond acceptors (Lipinski definition) is 6. The fraction of sp³-hybridized carbons (Fsp3) is 0.357. The summed E-state index contributed by atoms with van der Waals surface area (Å²) >= 11 is 0. The SMILES string of the molecule is C=C(/C=N/Nc1ccc([N+](=O)[O-])cc1[N+](=O)[O-])C[C@H](C)CC. The van der Waals surface area contributed by atoms with Crippen molar-refractivity contribution in [3.63, 3.8) is 0 Å². The number of nitrogens with zero attached hydrogens (tertiary/aromatic N) is 3. The molecular formula is C14H18N4O4. The lowest BCUT2D eigenvalue weighted by atomic mass is 10.0. The molecule has 0 fully saturated rings. The fourth-order valence-corrected chi connectivity index (χ4v) is 1.72. The van der Waals surface area contributed by atoms with Crippen molar-refractivity contribution in [2.24, 2.45) is 11.0 Å². The lowest BCUT2D eigenvalue weighted by Gasteiger charge is -2.07. The van der Waals surface area contributed by atoms with Gasteiger partial charge in [-0.05, 0) is 24.0 Å². The van der Waals surface area contributed by atoms with E-state index in [1.54, 1.807) is 0 Å². The van der Waals surface area contributed by atoms with Gasteiger partial charge < -0.3 is 0 Å². The van der Waals surface area contributed by atoms with E-state index in [4.69, 9.17) is 0 Å². The van der Waals surface area contributed by atoms with Crippen molar-refractivity contribution in [1.82, 2.24) is 0 Å². The van der Waals surface area contributed by atoms with Crippen LogP contribution in [0.1, 0.15) is 26.7 Å². The number of nitro benzene ring substituents is 2. The zero-order valence-corrected chi connectivity index (χ0v) is 12.5. The number of hydrogen-bond donors (Lipinski definition) is 1. The van der Waals surface area contributed by atoms with Gasteiger partial charge in [0.1, 0.15) is 5.69 Å². The molecule has 0 aliphatic rings. The van der Waals surface area contributed by atoms with E-state index in [1.165, 1.54) is 18.3 Å². The van der Waals surface area contributed by atoms with E-state index in [0.29, 0.717) is 5.92 Å². The van der Waals surface area contributed by atoms with Crippen LogP contribution in [-0.2, 0) is 0 Å². The zero-order valence-electron chi connectivity index (χ0n) is 12.5. The Kier molecular flexibility index (Phi) is 6.18. The first-order valence-electron chi connectivity index (χ1n) is 6.74. The van der Waals surface area contributed by atoms with E-state index >= 15 is 0 Å². The van der Waals surface area contributed by atoms with Crippen molar-refractivity contribution in [3.05, 3.63) is 50.6 Å². The lowest BCUT2D eigenvalue weighted by Crippen LogP contribution is -2.00. The minimum absolute atomic E-state index is 0.0863. The summed E-state index contributed by atoms with van der Waals surface area (Å²) in [6.45, 7) is 8.02. The van der Waals surface area contributed by atoms with Gasteiger partial charge >= 0.3 is 5.69 Å². The molecule has 8 nitrogen and oxygen atoms in total. The summed E-state index contributed by atoms with van der Waals surface area (Å²) in [5.74, 6) is 0.479. The molecule has 0 unspecified atom stereocenters. The number of nitro groups is 2. The molecule has 8 heteroatoms. The Bertz CT molecular complexity index is 613. The lowest BCUT2D eigenvalue weighted by molar-refractivity contribution is -0.393. The average molecular weight is 306 g/mol. The summed E-state index contributed by atoms with van der Waals surface area (Å²) in [5, 5.41) is 25.5. The van der Waals surface area contributed by atoms with Gasteiger partial charge in [-0.3, -0.25) is 25.7 Å². The van der Waals surface area contributed by atoms with Gasteiger partial charge in [0.25, 0.3) is 5.69 Å². The highest BCUT2D eigenvalue weighted by Gasteiger charge is 2.19. The van der Waals surface area contributed by atoms with Crippen LogP contribution in [0.4, 0.5) is 17.1 Å². The molecule has 0 spiro atoms. The van der Waals surface area contributed by atoms with Gasteiger partial charge in [0, 0.05) is 12.3 Å². The maximum absolute atomic E-state index is 11.0. The Morgan fingerprint density at radius 2 is 2.09 bits per heavy atom. The Hall–Kier alpha value is -2.77. The van der Waals surface area contributed by atoms with Gasteiger partial charge in [0.2, 0.25) is 0 Å². The van der Waals surface area contributed by atoms with Crippen molar-refractivity contribution in [2.45, 2.75) is 26.7 Å². The van der Waals surface area contributed by atoms with Crippen LogP contribution in [0, 0.1) is 26.1 Å². The van der Waals surface area contributed by atoms with Gasteiger partial charge in [-0.25, -0.2) is 0 Å². The molecule has 0 saturated carbocycles. The summed E-state index contributed by atoms with van der Waals surface area (Å²) in [6, 6.07) is 3.33. The molecule has 0 heterocycles. The zero-order chi connectivity index (χ0) is 16.7. The van der Waals surface area contributed by atoms with E-state index in [-0.39, 0.29) is 11.4 Å². The van der Waals surface area contributed by atoms with Crippen LogP contribution in [0.5, 0.6) is 0 Å². The van der Waals surface area contributed by atoms with Gasteiger partial charge in [0.15, 0.2) is 0 Å². The summed E-state index contributed by atoms with van der Waals surface area (Å²) < 4.78 is 0. The fourth-order valence-electron chi connectivity index (χ4n) is 1.72. The Morgan fingerprint density at radius 1 is 1.41 bits per heavy atom. The third kappa shape index (κ3) is 4.97. The largest absolute Gasteiger partial charge is 0.301 e. The molecular weight excluding hydrogens is 288 g/mol. The summed E-state index contributed by atoms with van der Waals surface area (Å²) in [5.41, 5.74) is 2.66. The Labute approximate surface area is 127 Å². The summed E-state index contributed by atoms with van der Waals surface area (Å²) in [7, 11) is 0. The summed E-state index contributed by atoms with van der Waals surface area (Å²) in [4.78, 5) is 20.2.